The number of aliphatic hydroxyl groups is 1. The van der Waals surface area contributed by atoms with Crippen LogP contribution in [0.5, 0.6) is 0 Å². The number of aromatic nitrogens is 8. The summed E-state index contributed by atoms with van der Waals surface area (Å²) in [4.78, 5) is 63.3. The number of phosphoric acid groups is 2. The number of H-pyrrole nitrogens is 1. The van der Waals surface area contributed by atoms with Crippen LogP contribution >= 0.6 is 15.6 Å². The Morgan fingerprint density at radius 2 is 1.73 bits per heavy atom. The lowest BCUT2D eigenvalue weighted by molar-refractivity contribution is -0.116. The smallest absolute Gasteiger partial charge is 0.387 e. The molecule has 4 aromatic heterocycles. The van der Waals surface area contributed by atoms with Gasteiger partial charge in [0.25, 0.3) is 5.56 Å². The number of nitrogens with two attached hydrogens (primary N) is 2. The molecular weight excluding hydrogens is 634 g/mol. The molecule has 2 aliphatic rings. The van der Waals surface area contributed by atoms with Gasteiger partial charge in [-0.1, -0.05) is 6.58 Å². The summed E-state index contributed by atoms with van der Waals surface area (Å²) < 4.78 is 53.2. The van der Waals surface area contributed by atoms with Gasteiger partial charge in [0.2, 0.25) is 5.95 Å². The zero-order valence-electron chi connectivity index (χ0n) is 22.1. The third-order valence-corrected chi connectivity index (χ3v) is 8.22. The van der Waals surface area contributed by atoms with Gasteiger partial charge in [-0.25, -0.2) is 29.1 Å². The number of phosphoric ester groups is 2. The lowest BCUT2D eigenvalue weighted by Crippen LogP contribution is -2.40. The summed E-state index contributed by atoms with van der Waals surface area (Å²) in [6.07, 6.45) is -4.41. The minimum absolute atomic E-state index is 0.147. The van der Waals surface area contributed by atoms with E-state index in [1.807, 2.05) is 0 Å². The van der Waals surface area contributed by atoms with Gasteiger partial charge in [0.05, 0.1) is 25.9 Å². The van der Waals surface area contributed by atoms with E-state index in [-0.39, 0.29) is 22.9 Å². The minimum atomic E-state index is -5.02. The Balaban J connectivity index is 1.18. The molecule has 7 unspecified atom stereocenters. The summed E-state index contributed by atoms with van der Waals surface area (Å²) in [5, 5.41) is 10.9. The highest BCUT2D eigenvalue weighted by atomic mass is 31.2. The number of anilines is 2. The van der Waals surface area contributed by atoms with Crippen LogP contribution in [0.2, 0.25) is 0 Å². The number of nitrogen functional groups attached to an aromatic ring is 2. The van der Waals surface area contributed by atoms with Crippen LogP contribution in [0.4, 0.5) is 11.8 Å². The Labute approximate surface area is 244 Å². The summed E-state index contributed by atoms with van der Waals surface area (Å²) in [6, 6.07) is 0. The van der Waals surface area contributed by atoms with Crippen molar-refractivity contribution in [3.63, 3.8) is 0 Å². The number of aliphatic hydroxyl groups excluding tert-OH is 1. The van der Waals surface area contributed by atoms with Gasteiger partial charge in [0, 0.05) is 5.57 Å². The highest BCUT2D eigenvalue weighted by Crippen LogP contribution is 2.51. The molecule has 22 nitrogen and oxygen atoms in total. The predicted octanol–water partition coefficient (Wildman–Crippen LogP) is -1.55. The van der Waals surface area contributed by atoms with Crippen molar-refractivity contribution in [2.45, 2.75) is 36.9 Å². The van der Waals surface area contributed by atoms with E-state index in [0.29, 0.717) is 16.7 Å². The average Bonchev–Trinajstić information content (AvgIpc) is 3.63. The third-order valence-electron chi connectivity index (χ3n) is 6.75. The fraction of sp³-hybridized carbons (Fsp3) is 0.400. The molecule has 24 heteroatoms. The van der Waals surface area contributed by atoms with E-state index in [1.54, 1.807) is 4.57 Å². The molecular formula is C20H24N10O12P2. The molecule has 7 atom stereocenters. The van der Waals surface area contributed by atoms with Crippen molar-refractivity contribution in [3.05, 3.63) is 41.5 Å². The van der Waals surface area contributed by atoms with E-state index in [1.165, 1.54) is 12.7 Å². The number of fused-ring (bicyclic) bond motifs is 2. The van der Waals surface area contributed by atoms with Gasteiger partial charge in [0.15, 0.2) is 35.1 Å². The summed E-state index contributed by atoms with van der Waals surface area (Å²) in [5.41, 5.74) is 11.6. The van der Waals surface area contributed by atoms with E-state index in [9.17, 15) is 23.9 Å². The van der Waals surface area contributed by atoms with Gasteiger partial charge < -0.3 is 40.7 Å². The summed E-state index contributed by atoms with van der Waals surface area (Å²) >= 11 is 0. The molecule has 9 N–H and O–H groups in total. The standard InChI is InChI=1S/C20H24N10O12P2/c1-7-8(40-18(7)29-5-25-10-14(21)23-4-24-15(10)29)2-39-44(36,37)42-13-12(31)9(3-38-43(33,34)35)41-19(13)30-6-26-11-16(30)27-20(22)28-17(11)32/h4-6,8-9,12-13,18-19,31H,1-3H2,(H,36,37)(H2,21,23,24)(H2,33,34,35)(H3,22,27,28,32). The van der Waals surface area contributed by atoms with Crippen molar-refractivity contribution in [3.8, 4) is 0 Å². The number of aromatic amines is 1. The van der Waals surface area contributed by atoms with Crippen molar-refractivity contribution in [2.75, 3.05) is 24.7 Å². The number of hydrogen-bond acceptors (Lipinski definition) is 16. The van der Waals surface area contributed by atoms with Gasteiger partial charge in [-0.3, -0.25) is 32.5 Å². The molecule has 236 valence electrons. The number of nitrogens with one attached hydrogen (secondary N) is 1. The highest BCUT2D eigenvalue weighted by Gasteiger charge is 2.50. The topological polar surface area (TPSA) is 320 Å². The van der Waals surface area contributed by atoms with E-state index < -0.39 is 71.3 Å². The Bertz CT molecular complexity index is 1910. The molecule has 2 aliphatic heterocycles. The van der Waals surface area contributed by atoms with Crippen molar-refractivity contribution >= 4 is 49.7 Å². The SMILES string of the molecule is C=C1C(COP(=O)(O)OC2C(O)C(COP(=O)(O)O)OC2n2cnc3c(=O)[nH]c(N)nc32)OC1n1cnc2c(N)ncnc21. The molecule has 0 aromatic carbocycles. The summed E-state index contributed by atoms with van der Waals surface area (Å²) in [7, 11) is -10.0. The van der Waals surface area contributed by atoms with Crippen LogP contribution in [-0.2, 0) is 32.2 Å². The number of ether oxygens (including phenoxy) is 2. The first kappa shape index (κ1) is 30.4. The van der Waals surface area contributed by atoms with E-state index in [0.717, 1.165) is 10.9 Å². The van der Waals surface area contributed by atoms with Gasteiger partial charge in [-0.05, 0) is 0 Å². The molecule has 0 spiro atoms. The largest absolute Gasteiger partial charge is 0.472 e. The third kappa shape index (κ3) is 5.64. The Morgan fingerprint density at radius 3 is 2.45 bits per heavy atom. The minimum Gasteiger partial charge on any atom is -0.387 e. The summed E-state index contributed by atoms with van der Waals surface area (Å²) in [6.45, 7) is 2.57. The van der Waals surface area contributed by atoms with Crippen molar-refractivity contribution in [1.29, 1.82) is 0 Å². The summed E-state index contributed by atoms with van der Waals surface area (Å²) in [5.74, 6) is -0.130. The molecule has 2 fully saturated rings. The average molecular weight is 658 g/mol. The first-order valence-electron chi connectivity index (χ1n) is 12.4. The van der Waals surface area contributed by atoms with Crippen LogP contribution < -0.4 is 17.0 Å². The monoisotopic (exact) mass is 658 g/mol. The predicted molar refractivity (Wildman–Crippen MR) is 144 cm³/mol. The molecule has 44 heavy (non-hydrogen) atoms. The maximum absolute atomic E-state index is 13.0. The Kier molecular flexibility index (Phi) is 7.63. The van der Waals surface area contributed by atoms with Crippen molar-refractivity contribution < 1.29 is 52.0 Å². The Morgan fingerprint density at radius 1 is 1.00 bits per heavy atom. The molecule has 2 saturated heterocycles. The number of nitrogens with zero attached hydrogens (tertiary/aromatic N) is 7. The number of imidazole rings is 2. The molecule has 0 bridgehead atoms. The lowest BCUT2D eigenvalue weighted by Gasteiger charge is -2.39. The van der Waals surface area contributed by atoms with E-state index in [4.69, 9.17) is 39.8 Å². The zero-order valence-corrected chi connectivity index (χ0v) is 23.8. The van der Waals surface area contributed by atoms with Crippen LogP contribution in [0.15, 0.2) is 35.9 Å². The van der Waals surface area contributed by atoms with Crippen LogP contribution in [0.25, 0.3) is 22.3 Å². The maximum atomic E-state index is 13.0. The van der Waals surface area contributed by atoms with Crippen LogP contribution in [0.3, 0.4) is 0 Å². The van der Waals surface area contributed by atoms with E-state index >= 15 is 0 Å². The second-order valence-corrected chi connectivity index (χ2v) is 12.2. The van der Waals surface area contributed by atoms with Crippen LogP contribution in [-0.4, -0.2) is 96.5 Å². The fourth-order valence-corrected chi connectivity index (χ4v) is 5.95. The van der Waals surface area contributed by atoms with Crippen LogP contribution in [0.1, 0.15) is 12.5 Å². The zero-order chi connectivity index (χ0) is 31.6. The van der Waals surface area contributed by atoms with Crippen LogP contribution in [0, 0.1) is 0 Å². The van der Waals surface area contributed by atoms with Gasteiger partial charge >= 0.3 is 15.6 Å². The maximum Gasteiger partial charge on any atom is 0.472 e. The van der Waals surface area contributed by atoms with E-state index in [2.05, 4.69) is 41.0 Å². The van der Waals surface area contributed by atoms with Crippen molar-refractivity contribution in [1.82, 2.24) is 39.0 Å². The number of hydrogen-bond donors (Lipinski definition) is 7. The first-order chi connectivity index (χ1) is 20.7. The lowest BCUT2D eigenvalue weighted by atomic mass is 10.1. The van der Waals surface area contributed by atoms with Crippen molar-refractivity contribution in [2.24, 2.45) is 0 Å². The second-order valence-electron chi connectivity index (χ2n) is 9.59. The molecule has 4 aromatic rings. The van der Waals surface area contributed by atoms with Gasteiger partial charge in [0.1, 0.15) is 36.3 Å². The quantitative estimate of drug-likeness (QED) is 0.0748. The highest BCUT2D eigenvalue weighted by molar-refractivity contribution is 7.47. The normalized spacial score (nSPS) is 27.1. The fourth-order valence-electron chi connectivity index (χ4n) is 4.69. The van der Waals surface area contributed by atoms with Gasteiger partial charge in [-0.15, -0.1) is 0 Å². The van der Waals surface area contributed by atoms with Gasteiger partial charge in [-0.2, -0.15) is 4.98 Å². The molecule has 0 radical (unpaired) electrons. The second kappa shape index (κ2) is 11.1. The molecule has 6 rings (SSSR count). The molecule has 6 heterocycles. The molecule has 0 aliphatic carbocycles. The molecule has 0 amide bonds. The first-order valence-corrected chi connectivity index (χ1v) is 15.4. The Hall–Kier alpha value is -3.66. The molecule has 0 saturated carbocycles. The number of rotatable bonds is 10.